The highest BCUT2D eigenvalue weighted by Gasteiger charge is 2.25. The van der Waals surface area contributed by atoms with Crippen molar-refractivity contribution >= 4 is 17.2 Å². The highest BCUT2D eigenvalue weighted by Crippen LogP contribution is 2.17. The van der Waals surface area contributed by atoms with Crippen molar-refractivity contribution in [2.45, 2.75) is 20.4 Å². The summed E-state index contributed by atoms with van der Waals surface area (Å²) >= 11 is 1.79. The molecule has 0 saturated carbocycles. The molecule has 1 aliphatic heterocycles. The predicted octanol–water partition coefficient (Wildman–Crippen LogP) is 2.05. The van der Waals surface area contributed by atoms with Gasteiger partial charge in [0, 0.05) is 43.3 Å². The average molecular weight is 304 g/mol. The molecule has 21 heavy (non-hydrogen) atoms. The molecule has 112 valence electrons. The fourth-order valence-electron chi connectivity index (χ4n) is 2.76. The Morgan fingerprint density at radius 2 is 2.10 bits per heavy atom. The molecule has 1 N–H and O–H groups in total. The van der Waals surface area contributed by atoms with Gasteiger partial charge < -0.3 is 4.90 Å². The third-order valence-electron chi connectivity index (χ3n) is 3.96. The van der Waals surface area contributed by atoms with Gasteiger partial charge in [0.15, 0.2) is 0 Å². The molecule has 1 aliphatic rings. The number of carbonyl (C=O) groups excluding carboxylic acids is 1. The van der Waals surface area contributed by atoms with Gasteiger partial charge in [-0.25, -0.2) is 0 Å². The number of H-pyrrole nitrogens is 1. The molecule has 2 aromatic rings. The first kappa shape index (κ1) is 14.3. The van der Waals surface area contributed by atoms with E-state index >= 15 is 0 Å². The van der Waals surface area contributed by atoms with Crippen molar-refractivity contribution in [1.82, 2.24) is 20.0 Å². The van der Waals surface area contributed by atoms with Crippen molar-refractivity contribution in [2.75, 3.05) is 26.2 Å². The lowest BCUT2D eigenvalue weighted by Crippen LogP contribution is -2.48. The molecule has 1 saturated heterocycles. The molecule has 6 heteroatoms. The molecule has 0 spiro atoms. The van der Waals surface area contributed by atoms with Crippen molar-refractivity contribution in [3.63, 3.8) is 0 Å². The van der Waals surface area contributed by atoms with Crippen LogP contribution in [-0.2, 0) is 6.54 Å². The molecule has 3 rings (SSSR count). The van der Waals surface area contributed by atoms with E-state index in [9.17, 15) is 4.79 Å². The second-order valence-corrected chi connectivity index (χ2v) is 6.49. The van der Waals surface area contributed by atoms with E-state index < -0.39 is 0 Å². The van der Waals surface area contributed by atoms with Gasteiger partial charge in [-0.2, -0.15) is 5.10 Å². The summed E-state index contributed by atoms with van der Waals surface area (Å²) in [5.74, 6) is 0.106. The van der Waals surface area contributed by atoms with Crippen LogP contribution >= 0.6 is 11.3 Å². The number of rotatable bonds is 3. The Morgan fingerprint density at radius 1 is 1.33 bits per heavy atom. The minimum atomic E-state index is 0.106. The molecule has 0 aliphatic carbocycles. The number of aromatic nitrogens is 2. The zero-order valence-electron chi connectivity index (χ0n) is 12.4. The fourth-order valence-corrected chi connectivity index (χ4v) is 3.50. The number of hydrogen-bond donors (Lipinski definition) is 1. The standard InChI is InChI=1S/C15H20N4OS/c1-11-14(12(2)17-16-11)15(20)19-7-5-18(6-8-19)10-13-4-3-9-21-13/h3-4,9H,5-8,10H2,1-2H3,(H,16,17). The van der Waals surface area contributed by atoms with Crippen LogP contribution in [0.2, 0.25) is 0 Å². The molecular weight excluding hydrogens is 284 g/mol. The smallest absolute Gasteiger partial charge is 0.257 e. The Hall–Kier alpha value is -1.66. The minimum absolute atomic E-state index is 0.106. The summed E-state index contributed by atoms with van der Waals surface area (Å²) in [4.78, 5) is 18.3. The first-order chi connectivity index (χ1) is 10.1. The van der Waals surface area contributed by atoms with E-state index in [2.05, 4.69) is 32.6 Å². The van der Waals surface area contributed by atoms with Crippen molar-refractivity contribution < 1.29 is 4.79 Å². The summed E-state index contributed by atoms with van der Waals surface area (Å²) in [5, 5.41) is 9.11. The third-order valence-corrected chi connectivity index (χ3v) is 4.82. The number of carbonyl (C=O) groups is 1. The topological polar surface area (TPSA) is 52.2 Å². The van der Waals surface area contributed by atoms with Crippen molar-refractivity contribution in [3.05, 3.63) is 39.3 Å². The van der Waals surface area contributed by atoms with Crippen LogP contribution in [0.5, 0.6) is 0 Å². The number of piperazine rings is 1. The first-order valence-corrected chi connectivity index (χ1v) is 8.08. The SMILES string of the molecule is Cc1n[nH]c(C)c1C(=O)N1CCN(Cc2cccs2)CC1. The van der Waals surface area contributed by atoms with E-state index in [1.807, 2.05) is 18.7 Å². The van der Waals surface area contributed by atoms with E-state index in [-0.39, 0.29) is 5.91 Å². The van der Waals surface area contributed by atoms with Gasteiger partial charge >= 0.3 is 0 Å². The molecule has 1 fully saturated rings. The maximum absolute atomic E-state index is 12.6. The minimum Gasteiger partial charge on any atom is -0.336 e. The maximum Gasteiger partial charge on any atom is 0.257 e. The lowest BCUT2D eigenvalue weighted by molar-refractivity contribution is 0.0628. The fraction of sp³-hybridized carbons (Fsp3) is 0.467. The number of amides is 1. The Balaban J connectivity index is 1.59. The van der Waals surface area contributed by atoms with Gasteiger partial charge in [0.2, 0.25) is 0 Å². The summed E-state index contributed by atoms with van der Waals surface area (Å²) in [6.45, 7) is 8.20. The highest BCUT2D eigenvalue weighted by atomic mass is 32.1. The molecule has 1 amide bonds. The van der Waals surface area contributed by atoms with Gasteiger partial charge in [0.1, 0.15) is 0 Å². The number of nitrogens with one attached hydrogen (secondary N) is 1. The van der Waals surface area contributed by atoms with Gasteiger partial charge in [-0.15, -0.1) is 11.3 Å². The number of aryl methyl sites for hydroxylation is 2. The molecule has 5 nitrogen and oxygen atoms in total. The van der Waals surface area contributed by atoms with E-state index in [1.165, 1.54) is 4.88 Å². The lowest BCUT2D eigenvalue weighted by Gasteiger charge is -2.34. The number of thiophene rings is 1. The Bertz CT molecular complexity index is 592. The van der Waals surface area contributed by atoms with Crippen molar-refractivity contribution in [2.24, 2.45) is 0 Å². The molecular formula is C15H20N4OS. The Labute approximate surface area is 128 Å². The largest absolute Gasteiger partial charge is 0.336 e. The Morgan fingerprint density at radius 3 is 2.67 bits per heavy atom. The van der Waals surface area contributed by atoms with Crippen LogP contribution in [0, 0.1) is 13.8 Å². The number of nitrogens with zero attached hydrogens (tertiary/aromatic N) is 3. The van der Waals surface area contributed by atoms with E-state index in [1.54, 1.807) is 11.3 Å². The van der Waals surface area contributed by atoms with Crippen molar-refractivity contribution in [1.29, 1.82) is 0 Å². The van der Waals surface area contributed by atoms with E-state index in [0.29, 0.717) is 0 Å². The highest BCUT2D eigenvalue weighted by molar-refractivity contribution is 7.09. The zero-order valence-corrected chi connectivity index (χ0v) is 13.2. The first-order valence-electron chi connectivity index (χ1n) is 7.20. The van der Waals surface area contributed by atoms with Crippen molar-refractivity contribution in [3.8, 4) is 0 Å². The monoisotopic (exact) mass is 304 g/mol. The van der Waals surface area contributed by atoms with Gasteiger partial charge in [0.05, 0.1) is 11.3 Å². The maximum atomic E-state index is 12.6. The number of hydrogen-bond acceptors (Lipinski definition) is 4. The normalized spacial score (nSPS) is 16.4. The molecule has 0 radical (unpaired) electrons. The number of aromatic amines is 1. The van der Waals surface area contributed by atoms with E-state index in [4.69, 9.17) is 0 Å². The summed E-state index contributed by atoms with van der Waals surface area (Å²) in [7, 11) is 0. The van der Waals surface area contributed by atoms with Gasteiger partial charge in [-0.05, 0) is 25.3 Å². The predicted molar refractivity (Wildman–Crippen MR) is 83.6 cm³/mol. The Kier molecular flexibility index (Phi) is 4.07. The van der Waals surface area contributed by atoms with Crippen LogP contribution in [0.25, 0.3) is 0 Å². The average Bonchev–Trinajstić information content (AvgIpc) is 3.09. The third kappa shape index (κ3) is 3.01. The lowest BCUT2D eigenvalue weighted by atomic mass is 10.1. The van der Waals surface area contributed by atoms with E-state index in [0.717, 1.165) is 49.7 Å². The van der Waals surface area contributed by atoms with Crippen LogP contribution in [0.15, 0.2) is 17.5 Å². The summed E-state index contributed by atoms with van der Waals surface area (Å²) in [6.07, 6.45) is 0. The second kappa shape index (κ2) is 5.99. The summed E-state index contributed by atoms with van der Waals surface area (Å²) in [6, 6.07) is 4.25. The quantitative estimate of drug-likeness (QED) is 0.944. The zero-order chi connectivity index (χ0) is 14.8. The van der Waals surface area contributed by atoms with Gasteiger partial charge in [0.25, 0.3) is 5.91 Å². The summed E-state index contributed by atoms with van der Waals surface area (Å²) < 4.78 is 0. The van der Waals surface area contributed by atoms with Crippen LogP contribution in [-0.4, -0.2) is 52.1 Å². The molecule has 2 aromatic heterocycles. The van der Waals surface area contributed by atoms with Crippen LogP contribution in [0.4, 0.5) is 0 Å². The summed E-state index contributed by atoms with van der Waals surface area (Å²) in [5.41, 5.74) is 2.39. The molecule has 0 bridgehead atoms. The van der Waals surface area contributed by atoms with Gasteiger partial charge in [-0.1, -0.05) is 6.07 Å². The van der Waals surface area contributed by atoms with Crippen LogP contribution < -0.4 is 0 Å². The molecule has 0 unspecified atom stereocenters. The molecule has 3 heterocycles. The molecule has 0 atom stereocenters. The van der Waals surface area contributed by atoms with Crippen LogP contribution in [0.1, 0.15) is 26.6 Å². The second-order valence-electron chi connectivity index (χ2n) is 5.46. The van der Waals surface area contributed by atoms with Gasteiger partial charge in [-0.3, -0.25) is 14.8 Å². The van der Waals surface area contributed by atoms with Crippen LogP contribution in [0.3, 0.4) is 0 Å². The molecule has 0 aromatic carbocycles.